The van der Waals surface area contributed by atoms with Gasteiger partial charge in [0.1, 0.15) is 13.2 Å². The summed E-state index contributed by atoms with van der Waals surface area (Å²) in [6, 6.07) is 10.0. The molecule has 3 N–H and O–H groups in total. The van der Waals surface area contributed by atoms with E-state index in [2.05, 4.69) is 5.32 Å². The zero-order valence-electron chi connectivity index (χ0n) is 21.4. The molecule has 10 nitrogen and oxygen atoms in total. The van der Waals surface area contributed by atoms with Crippen molar-refractivity contribution in [1.29, 1.82) is 0 Å². The second-order valence-electron chi connectivity index (χ2n) is 7.75. The highest BCUT2D eigenvalue weighted by molar-refractivity contribution is 7.98. The van der Waals surface area contributed by atoms with Crippen molar-refractivity contribution in [2.24, 2.45) is 0 Å². The predicted molar refractivity (Wildman–Crippen MR) is 141 cm³/mol. The van der Waals surface area contributed by atoms with Crippen LogP contribution in [-0.2, 0) is 20.0 Å². The van der Waals surface area contributed by atoms with Crippen LogP contribution in [0, 0.1) is 0 Å². The molecule has 0 saturated carbocycles. The summed E-state index contributed by atoms with van der Waals surface area (Å²) in [6.45, 7) is 2.67. The van der Waals surface area contributed by atoms with Gasteiger partial charge in [0.25, 0.3) is 5.91 Å². The first kappa shape index (κ1) is 30.4. The Bertz CT molecular complexity index is 1000. The van der Waals surface area contributed by atoms with Crippen LogP contribution in [0.15, 0.2) is 36.4 Å². The van der Waals surface area contributed by atoms with Crippen LogP contribution in [0.25, 0.3) is 0 Å². The Morgan fingerprint density at radius 1 is 1.00 bits per heavy atom. The third kappa shape index (κ3) is 10.2. The number of benzene rings is 2. The van der Waals surface area contributed by atoms with E-state index < -0.39 is 18.0 Å². The van der Waals surface area contributed by atoms with E-state index in [1.165, 1.54) is 23.9 Å². The Hall–Kier alpha value is -2.83. The van der Waals surface area contributed by atoms with Gasteiger partial charge < -0.3 is 39.2 Å². The number of carbonyl (C=O) groups excluding carboxylic acids is 2. The molecule has 1 atom stereocenters. The van der Waals surface area contributed by atoms with Crippen molar-refractivity contribution in [3.63, 3.8) is 0 Å². The van der Waals surface area contributed by atoms with E-state index in [1.54, 1.807) is 39.3 Å². The van der Waals surface area contributed by atoms with Crippen LogP contribution >= 0.6 is 11.8 Å². The van der Waals surface area contributed by atoms with Gasteiger partial charge in [-0.15, -0.1) is 0 Å². The average molecular weight is 538 g/mol. The normalized spacial score (nSPS) is 11.6. The monoisotopic (exact) mass is 537 g/mol. The van der Waals surface area contributed by atoms with Crippen molar-refractivity contribution < 1.29 is 43.5 Å². The van der Waals surface area contributed by atoms with Gasteiger partial charge in [-0.25, -0.2) is 4.79 Å². The number of thioether (sulfide) groups is 1. The van der Waals surface area contributed by atoms with E-state index in [0.717, 1.165) is 5.56 Å². The molecule has 0 aliphatic heterocycles. The number of hydrogen-bond acceptors (Lipinski definition) is 10. The highest BCUT2D eigenvalue weighted by atomic mass is 32.2. The van der Waals surface area contributed by atoms with E-state index in [4.69, 9.17) is 28.8 Å². The molecule has 11 heteroatoms. The standard InChI is InChI=1S/C26H35NO9S/c1-4-34-26(31)21-13-23(35-10-8-32-2)24(36-11-9-33-3)14-22(21)27-25(30)19-7-5-6-18(12-19)16-37-17-20(29)15-28/h5-7,12-14,20,28-29H,4,8-11,15-17H2,1-3H3,(H,27,30). The molecule has 1 unspecified atom stereocenters. The highest BCUT2D eigenvalue weighted by Gasteiger charge is 2.21. The lowest BCUT2D eigenvalue weighted by Crippen LogP contribution is -2.17. The lowest BCUT2D eigenvalue weighted by atomic mass is 10.1. The van der Waals surface area contributed by atoms with Gasteiger partial charge in [-0.3, -0.25) is 4.79 Å². The first-order chi connectivity index (χ1) is 17.9. The van der Waals surface area contributed by atoms with E-state index in [-0.39, 0.29) is 37.7 Å². The Morgan fingerprint density at radius 3 is 2.30 bits per heavy atom. The van der Waals surface area contributed by atoms with Crippen LogP contribution in [0.1, 0.15) is 33.2 Å². The summed E-state index contributed by atoms with van der Waals surface area (Å²) in [4.78, 5) is 25.9. The Balaban J connectivity index is 2.31. The minimum Gasteiger partial charge on any atom is -0.487 e. The maximum Gasteiger partial charge on any atom is 0.340 e. The van der Waals surface area contributed by atoms with E-state index in [1.807, 2.05) is 6.07 Å². The zero-order chi connectivity index (χ0) is 27.0. The maximum atomic E-state index is 13.1. The summed E-state index contributed by atoms with van der Waals surface area (Å²) in [7, 11) is 3.10. The molecule has 0 fully saturated rings. The van der Waals surface area contributed by atoms with Gasteiger partial charge in [-0.05, 0) is 24.6 Å². The molecule has 0 aliphatic rings. The molecule has 1 amide bonds. The minimum absolute atomic E-state index is 0.117. The number of aliphatic hydroxyl groups excluding tert-OH is 2. The summed E-state index contributed by atoms with van der Waals surface area (Å²) in [5.41, 5.74) is 1.59. The van der Waals surface area contributed by atoms with E-state index in [9.17, 15) is 14.7 Å². The molecular weight excluding hydrogens is 502 g/mol. The molecule has 0 aromatic heterocycles. The Labute approximate surface area is 221 Å². The Kier molecular flexibility index (Phi) is 13.8. The van der Waals surface area contributed by atoms with E-state index >= 15 is 0 Å². The lowest BCUT2D eigenvalue weighted by Gasteiger charge is -2.17. The maximum absolute atomic E-state index is 13.1. The topological polar surface area (TPSA) is 133 Å². The molecule has 0 radical (unpaired) electrons. The second kappa shape index (κ2) is 16.8. The number of carbonyl (C=O) groups is 2. The largest absolute Gasteiger partial charge is 0.487 e. The second-order valence-corrected chi connectivity index (χ2v) is 8.78. The number of rotatable bonds is 17. The Morgan fingerprint density at radius 2 is 1.68 bits per heavy atom. The molecule has 0 aliphatic carbocycles. The predicted octanol–water partition coefficient (Wildman–Crippen LogP) is 2.75. The van der Waals surface area contributed by atoms with Gasteiger partial charge >= 0.3 is 5.97 Å². The van der Waals surface area contributed by atoms with Crippen molar-refractivity contribution in [3.8, 4) is 11.5 Å². The zero-order valence-corrected chi connectivity index (χ0v) is 22.2. The number of hydrogen-bond donors (Lipinski definition) is 3. The molecule has 2 rings (SSSR count). The first-order valence-electron chi connectivity index (χ1n) is 11.8. The van der Waals surface area contributed by atoms with Crippen LogP contribution < -0.4 is 14.8 Å². The number of amides is 1. The molecular formula is C26H35NO9S. The van der Waals surface area contributed by atoms with Gasteiger partial charge in [0, 0.05) is 43.4 Å². The summed E-state index contributed by atoms with van der Waals surface area (Å²) < 4.78 is 26.8. The van der Waals surface area contributed by atoms with Gasteiger partial charge in [-0.1, -0.05) is 12.1 Å². The molecule has 0 spiro atoms. The molecule has 2 aromatic carbocycles. The highest BCUT2D eigenvalue weighted by Crippen LogP contribution is 2.35. The number of ether oxygens (including phenoxy) is 5. The fourth-order valence-electron chi connectivity index (χ4n) is 3.10. The number of esters is 1. The number of methoxy groups -OCH3 is 2. The van der Waals surface area contributed by atoms with Crippen molar-refractivity contribution in [2.45, 2.75) is 18.8 Å². The number of aliphatic hydroxyl groups is 2. The van der Waals surface area contributed by atoms with Crippen molar-refractivity contribution in [2.75, 3.05) is 64.9 Å². The fraction of sp³-hybridized carbons (Fsp3) is 0.462. The molecule has 2 aromatic rings. The molecule has 0 saturated heterocycles. The summed E-state index contributed by atoms with van der Waals surface area (Å²) in [6.07, 6.45) is -0.792. The number of nitrogens with one attached hydrogen (secondary N) is 1. The average Bonchev–Trinajstić information content (AvgIpc) is 2.90. The van der Waals surface area contributed by atoms with Crippen molar-refractivity contribution in [1.82, 2.24) is 0 Å². The first-order valence-corrected chi connectivity index (χ1v) is 12.9. The van der Waals surface area contributed by atoms with Crippen LogP contribution in [-0.4, -0.2) is 87.8 Å². The quantitative estimate of drug-likeness (QED) is 0.204. The van der Waals surface area contributed by atoms with Gasteiger partial charge in [0.15, 0.2) is 11.5 Å². The molecule has 37 heavy (non-hydrogen) atoms. The minimum atomic E-state index is -0.792. The van der Waals surface area contributed by atoms with E-state index in [0.29, 0.717) is 41.8 Å². The smallest absolute Gasteiger partial charge is 0.340 e. The number of anilines is 1. The molecule has 0 heterocycles. The lowest BCUT2D eigenvalue weighted by molar-refractivity contribution is 0.0526. The summed E-state index contributed by atoms with van der Waals surface area (Å²) >= 11 is 1.44. The van der Waals surface area contributed by atoms with Crippen LogP contribution in [0.2, 0.25) is 0 Å². The van der Waals surface area contributed by atoms with Crippen LogP contribution in [0.4, 0.5) is 5.69 Å². The third-order valence-corrected chi connectivity index (χ3v) is 6.05. The van der Waals surface area contributed by atoms with Gasteiger partial charge in [-0.2, -0.15) is 11.8 Å². The van der Waals surface area contributed by atoms with Crippen molar-refractivity contribution in [3.05, 3.63) is 53.1 Å². The third-order valence-electron chi connectivity index (χ3n) is 4.90. The van der Waals surface area contributed by atoms with Crippen LogP contribution in [0.5, 0.6) is 11.5 Å². The van der Waals surface area contributed by atoms with Gasteiger partial charge in [0.05, 0.1) is 43.8 Å². The molecule has 204 valence electrons. The van der Waals surface area contributed by atoms with Crippen LogP contribution in [0.3, 0.4) is 0 Å². The summed E-state index contributed by atoms with van der Waals surface area (Å²) in [5, 5.41) is 21.3. The summed E-state index contributed by atoms with van der Waals surface area (Å²) in [5.74, 6) is 0.508. The van der Waals surface area contributed by atoms with Gasteiger partial charge in [0.2, 0.25) is 0 Å². The van der Waals surface area contributed by atoms with Crippen molar-refractivity contribution >= 4 is 29.3 Å². The SMILES string of the molecule is CCOC(=O)c1cc(OCCOC)c(OCCOC)cc1NC(=O)c1cccc(CSCC(O)CO)c1. The molecule has 0 bridgehead atoms. The fourth-order valence-corrected chi connectivity index (χ4v) is 4.01.